The van der Waals surface area contributed by atoms with Gasteiger partial charge in [-0.05, 0) is 98.8 Å². The zero-order valence-corrected chi connectivity index (χ0v) is 17.4. The van der Waals surface area contributed by atoms with E-state index >= 15 is 0 Å². The highest BCUT2D eigenvalue weighted by Gasteiger charge is 2.59. The predicted octanol–water partition coefficient (Wildman–Crippen LogP) is 5.27. The molecule has 0 bridgehead atoms. The van der Waals surface area contributed by atoms with Crippen LogP contribution in [0.15, 0.2) is 33.8 Å². The summed E-state index contributed by atoms with van der Waals surface area (Å²) in [6.07, 6.45) is 11.4. The van der Waals surface area contributed by atoms with Gasteiger partial charge < -0.3 is 14.6 Å². The first-order valence-electron chi connectivity index (χ1n) is 11.1. The Labute approximate surface area is 168 Å². The molecule has 0 saturated heterocycles. The second kappa shape index (κ2) is 6.34. The number of fused-ring (bicyclic) bond motifs is 5. The zero-order valence-electron chi connectivity index (χ0n) is 17.4. The molecule has 0 aromatic carbocycles. The third-order valence-electron chi connectivity index (χ3n) is 9.04. The van der Waals surface area contributed by atoms with Crippen molar-refractivity contribution in [3.05, 3.63) is 40.9 Å². The topological polar surface area (TPSA) is 53.6 Å². The van der Waals surface area contributed by atoms with Gasteiger partial charge in [0, 0.05) is 5.41 Å². The van der Waals surface area contributed by atoms with Gasteiger partial charge in [-0.25, -0.2) is 0 Å². The minimum absolute atomic E-state index is 0.0233. The van der Waals surface area contributed by atoms with Gasteiger partial charge in [0.1, 0.15) is 11.5 Å². The molecule has 0 radical (unpaired) electrons. The minimum atomic E-state index is -0.366. The van der Waals surface area contributed by atoms with Crippen LogP contribution >= 0.6 is 0 Å². The van der Waals surface area contributed by atoms with E-state index in [1.165, 1.54) is 12.0 Å². The summed E-state index contributed by atoms with van der Waals surface area (Å²) >= 11 is 0. The van der Waals surface area contributed by atoms with Gasteiger partial charge >= 0.3 is 0 Å². The van der Waals surface area contributed by atoms with Gasteiger partial charge in [0.2, 0.25) is 0 Å². The molecule has 3 fully saturated rings. The van der Waals surface area contributed by atoms with Crippen LogP contribution in [0, 0.1) is 35.5 Å². The molecule has 0 unspecified atom stereocenters. The van der Waals surface area contributed by atoms with Gasteiger partial charge in [0.05, 0.1) is 12.2 Å². The molecule has 0 amide bonds. The summed E-state index contributed by atoms with van der Waals surface area (Å²) in [7, 11) is 0. The average Bonchev–Trinajstić information content (AvgIpc) is 3.18. The number of allylic oxidation sites excluding steroid dienone is 1. The molecule has 4 aliphatic carbocycles. The van der Waals surface area contributed by atoms with Crippen molar-refractivity contribution in [2.75, 3.05) is 0 Å². The molecule has 152 valence electrons. The fourth-order valence-electron chi connectivity index (χ4n) is 7.35. The van der Waals surface area contributed by atoms with Crippen molar-refractivity contribution in [2.45, 2.75) is 77.9 Å². The first-order chi connectivity index (χ1) is 13.3. The largest absolute Gasteiger partial charge is 0.462 e. The molecule has 1 aromatic rings. The lowest BCUT2D eigenvalue weighted by Gasteiger charge is -2.57. The highest BCUT2D eigenvalue weighted by atomic mass is 16.3. The van der Waals surface area contributed by atoms with Crippen molar-refractivity contribution in [3.8, 4) is 0 Å². The maximum absolute atomic E-state index is 11.3. The zero-order chi connectivity index (χ0) is 19.7. The molecule has 3 saturated carbocycles. The average molecular weight is 383 g/mol. The van der Waals surface area contributed by atoms with Crippen LogP contribution in [0.5, 0.6) is 0 Å². The summed E-state index contributed by atoms with van der Waals surface area (Å²) in [5.41, 5.74) is 2.89. The molecule has 2 N–H and O–H groups in total. The van der Waals surface area contributed by atoms with Crippen molar-refractivity contribution < 1.29 is 14.6 Å². The van der Waals surface area contributed by atoms with Crippen molar-refractivity contribution in [2.24, 2.45) is 28.6 Å². The molecule has 5 rings (SSSR count). The Morgan fingerprint density at radius 3 is 2.64 bits per heavy atom. The number of aliphatic hydroxyl groups is 2. The van der Waals surface area contributed by atoms with Gasteiger partial charge in [0.25, 0.3) is 0 Å². The van der Waals surface area contributed by atoms with E-state index < -0.39 is 0 Å². The summed E-state index contributed by atoms with van der Waals surface area (Å²) in [5.74, 6) is 3.65. The number of aryl methyl sites for hydroxylation is 1. The Kier molecular flexibility index (Phi) is 4.23. The van der Waals surface area contributed by atoms with Crippen LogP contribution in [0.1, 0.15) is 70.3 Å². The van der Waals surface area contributed by atoms with Crippen molar-refractivity contribution in [1.82, 2.24) is 0 Å². The lowest BCUT2D eigenvalue weighted by atomic mass is 9.48. The van der Waals surface area contributed by atoms with Gasteiger partial charge in [-0.15, -0.1) is 0 Å². The third-order valence-corrected chi connectivity index (χ3v) is 9.04. The van der Waals surface area contributed by atoms with Crippen LogP contribution in [-0.4, -0.2) is 22.4 Å². The number of furan rings is 1. The van der Waals surface area contributed by atoms with Crippen LogP contribution in [0.2, 0.25) is 0 Å². The van der Waals surface area contributed by atoms with E-state index in [2.05, 4.69) is 26.0 Å². The fraction of sp³-hybridized carbons (Fsp3) is 0.680. The summed E-state index contributed by atoms with van der Waals surface area (Å²) in [5, 5.41) is 21.4. The number of hydrogen-bond donors (Lipinski definition) is 2. The van der Waals surface area contributed by atoms with E-state index in [4.69, 9.17) is 4.42 Å². The summed E-state index contributed by atoms with van der Waals surface area (Å²) in [6, 6.07) is 4.00. The fourth-order valence-corrected chi connectivity index (χ4v) is 7.35. The molecule has 0 aliphatic heterocycles. The second-order valence-corrected chi connectivity index (χ2v) is 10.5. The van der Waals surface area contributed by atoms with E-state index in [-0.39, 0.29) is 23.0 Å². The van der Waals surface area contributed by atoms with E-state index in [1.54, 1.807) is 0 Å². The van der Waals surface area contributed by atoms with Crippen molar-refractivity contribution in [3.63, 3.8) is 0 Å². The van der Waals surface area contributed by atoms with Crippen LogP contribution in [-0.2, 0) is 0 Å². The van der Waals surface area contributed by atoms with Crippen LogP contribution in [0.4, 0.5) is 0 Å². The molecule has 0 spiro atoms. The van der Waals surface area contributed by atoms with Gasteiger partial charge in [-0.1, -0.05) is 25.5 Å². The van der Waals surface area contributed by atoms with Gasteiger partial charge in [-0.2, -0.15) is 0 Å². The Balaban J connectivity index is 1.47. The minimum Gasteiger partial charge on any atom is -0.462 e. The molecular formula is C25H34O3. The van der Waals surface area contributed by atoms with Crippen molar-refractivity contribution >= 4 is 6.08 Å². The number of rotatable bonds is 1. The molecule has 3 heteroatoms. The van der Waals surface area contributed by atoms with Gasteiger partial charge in [-0.3, -0.25) is 0 Å². The summed E-state index contributed by atoms with van der Waals surface area (Å²) in [4.78, 5) is 0. The quantitative estimate of drug-likeness (QED) is 0.651. The van der Waals surface area contributed by atoms with Crippen molar-refractivity contribution in [1.29, 1.82) is 0 Å². The molecule has 28 heavy (non-hydrogen) atoms. The highest BCUT2D eigenvalue weighted by molar-refractivity contribution is 5.51. The monoisotopic (exact) mass is 382 g/mol. The lowest BCUT2D eigenvalue weighted by Crippen LogP contribution is -2.51. The van der Waals surface area contributed by atoms with Crippen LogP contribution in [0.3, 0.4) is 0 Å². The Morgan fingerprint density at radius 2 is 1.89 bits per heavy atom. The summed E-state index contributed by atoms with van der Waals surface area (Å²) < 4.78 is 5.76. The van der Waals surface area contributed by atoms with Crippen LogP contribution in [0.25, 0.3) is 6.08 Å². The normalized spacial score (nSPS) is 46.7. The first kappa shape index (κ1) is 18.7. The van der Waals surface area contributed by atoms with Crippen LogP contribution < -0.4 is 0 Å². The van der Waals surface area contributed by atoms with E-state index in [1.807, 2.05) is 19.1 Å². The Hall–Kier alpha value is -1.32. The Bertz CT molecular complexity index is 833. The molecular weight excluding hydrogens is 348 g/mol. The smallest absolute Gasteiger partial charge is 0.127 e. The summed E-state index contributed by atoms with van der Waals surface area (Å²) in [6.45, 7) is 6.74. The standard InChI is InChI=1S/C25H34O3/c1-15-4-6-19(28-15)12-16-13-22-20-7-5-17-14-18(26)8-10-24(17,2)21(20)9-11-25(22,3)23(16)27/h4-6,12,18,20-23,26-27H,7-11,13-14H2,1-3H3/b16-12+/t18-,20+,21-,22-,23-,24+,25+/m1/s1. The lowest BCUT2D eigenvalue weighted by molar-refractivity contribution is -0.0685. The Morgan fingerprint density at radius 1 is 1.07 bits per heavy atom. The first-order valence-corrected chi connectivity index (χ1v) is 11.1. The number of aliphatic hydroxyl groups excluding tert-OH is 2. The third kappa shape index (κ3) is 2.62. The van der Waals surface area contributed by atoms with Gasteiger partial charge in [0.15, 0.2) is 0 Å². The van der Waals surface area contributed by atoms with E-state index in [0.29, 0.717) is 17.8 Å². The molecule has 1 heterocycles. The maximum atomic E-state index is 11.3. The molecule has 1 aromatic heterocycles. The SMILES string of the molecule is Cc1ccc(/C=C2\C[C@@H]3[C@H]4CC=C5C[C@H](O)CC[C@]5(C)[C@@H]4CC[C@]3(C)[C@@H]2O)o1. The highest BCUT2D eigenvalue weighted by Crippen LogP contribution is 2.65. The van der Waals surface area contributed by atoms with E-state index in [9.17, 15) is 10.2 Å². The second-order valence-electron chi connectivity index (χ2n) is 10.5. The predicted molar refractivity (Wildman–Crippen MR) is 111 cm³/mol. The number of hydrogen-bond acceptors (Lipinski definition) is 3. The molecule has 3 nitrogen and oxygen atoms in total. The molecule has 4 aliphatic rings. The maximum Gasteiger partial charge on any atom is 0.127 e. The van der Waals surface area contributed by atoms with E-state index in [0.717, 1.165) is 55.6 Å². The molecule has 7 atom stereocenters.